The molecule has 3 heterocycles. The second kappa shape index (κ2) is 11.7. The Morgan fingerprint density at radius 3 is 2.85 bits per heavy atom. The monoisotopic (exact) mass is 459 g/mol. The molecule has 180 valence electrons. The summed E-state index contributed by atoms with van der Waals surface area (Å²) in [5.74, 6) is -0.278. The molecule has 2 aliphatic rings. The van der Waals surface area contributed by atoms with Crippen molar-refractivity contribution in [2.75, 3.05) is 26.2 Å². The first-order valence-electron chi connectivity index (χ1n) is 12.0. The number of carbonyl (C=O) groups is 1. The number of rotatable bonds is 9. The molecule has 33 heavy (non-hydrogen) atoms. The minimum atomic E-state index is -0.402. The molecule has 2 N–H and O–H groups in total. The summed E-state index contributed by atoms with van der Waals surface area (Å²) >= 11 is 0. The van der Waals surface area contributed by atoms with E-state index in [1.54, 1.807) is 23.0 Å². The maximum Gasteiger partial charge on any atom is 0.221 e. The standard InChI is InChI=1S/C24H34FN5O3/c25-19-6-4-5-18(15-19)22-16-30(28-27-22)14-9-20-7-8-21(23(17-31)33-20)26-24(32)10-13-29-11-2-1-3-12-29/h4-6,15-16,20-21,23,31H,1-3,7-14,17H2,(H,26,32)/t20-,21-,23-/m0/s1. The lowest BCUT2D eigenvalue weighted by Crippen LogP contribution is -2.51. The number of amides is 1. The van der Waals surface area contributed by atoms with Gasteiger partial charge in [-0.2, -0.15) is 0 Å². The molecule has 3 atom stereocenters. The van der Waals surface area contributed by atoms with Crippen LogP contribution < -0.4 is 5.32 Å². The van der Waals surface area contributed by atoms with Crippen LogP contribution in [0.5, 0.6) is 0 Å². The van der Waals surface area contributed by atoms with Gasteiger partial charge >= 0.3 is 0 Å². The van der Waals surface area contributed by atoms with Crippen molar-refractivity contribution < 1.29 is 19.0 Å². The summed E-state index contributed by atoms with van der Waals surface area (Å²) in [6.07, 6.45) is 7.87. The van der Waals surface area contributed by atoms with Gasteiger partial charge in [-0.3, -0.25) is 9.48 Å². The molecule has 1 aromatic heterocycles. The highest BCUT2D eigenvalue weighted by molar-refractivity contribution is 5.76. The molecular weight excluding hydrogens is 425 g/mol. The van der Waals surface area contributed by atoms with Crippen LogP contribution in [0.1, 0.15) is 44.9 Å². The van der Waals surface area contributed by atoms with Gasteiger partial charge in [0.2, 0.25) is 5.91 Å². The molecule has 0 spiro atoms. The van der Waals surface area contributed by atoms with Crippen LogP contribution in [-0.2, 0) is 16.1 Å². The topological polar surface area (TPSA) is 92.5 Å². The number of aliphatic hydroxyl groups is 1. The van der Waals surface area contributed by atoms with Crippen LogP contribution in [0.25, 0.3) is 11.3 Å². The van der Waals surface area contributed by atoms with Gasteiger partial charge in [0.25, 0.3) is 0 Å². The fourth-order valence-electron chi connectivity index (χ4n) is 4.69. The van der Waals surface area contributed by atoms with E-state index in [4.69, 9.17) is 4.74 Å². The molecule has 0 aliphatic carbocycles. The first kappa shape index (κ1) is 23.8. The highest BCUT2D eigenvalue weighted by atomic mass is 19.1. The molecule has 2 saturated heterocycles. The van der Waals surface area contributed by atoms with Gasteiger partial charge in [-0.05, 0) is 57.3 Å². The Labute approximate surface area is 194 Å². The van der Waals surface area contributed by atoms with Crippen molar-refractivity contribution in [3.63, 3.8) is 0 Å². The Hall–Kier alpha value is -2.36. The van der Waals surface area contributed by atoms with Crippen molar-refractivity contribution >= 4 is 5.91 Å². The van der Waals surface area contributed by atoms with E-state index in [1.807, 2.05) is 0 Å². The number of aliphatic hydroxyl groups excluding tert-OH is 1. The lowest BCUT2D eigenvalue weighted by atomic mass is 9.97. The number of hydrogen-bond donors (Lipinski definition) is 2. The van der Waals surface area contributed by atoms with Crippen molar-refractivity contribution in [3.8, 4) is 11.3 Å². The van der Waals surface area contributed by atoms with Crippen LogP contribution in [0.15, 0.2) is 30.5 Å². The highest BCUT2D eigenvalue weighted by Gasteiger charge is 2.31. The largest absolute Gasteiger partial charge is 0.394 e. The molecule has 1 aromatic carbocycles. The number of benzene rings is 1. The fraction of sp³-hybridized carbons (Fsp3) is 0.625. The quantitative estimate of drug-likeness (QED) is 0.598. The zero-order valence-electron chi connectivity index (χ0n) is 19.0. The van der Waals surface area contributed by atoms with Crippen LogP contribution in [0.4, 0.5) is 4.39 Å². The van der Waals surface area contributed by atoms with E-state index >= 15 is 0 Å². The van der Waals surface area contributed by atoms with E-state index in [0.717, 1.165) is 38.9 Å². The molecule has 0 saturated carbocycles. The Morgan fingerprint density at radius 1 is 1.21 bits per heavy atom. The van der Waals surface area contributed by atoms with Crippen LogP contribution in [0.2, 0.25) is 0 Å². The van der Waals surface area contributed by atoms with Crippen molar-refractivity contribution in [1.82, 2.24) is 25.2 Å². The maximum atomic E-state index is 13.4. The smallest absolute Gasteiger partial charge is 0.221 e. The molecule has 0 unspecified atom stereocenters. The van der Waals surface area contributed by atoms with Crippen molar-refractivity contribution in [3.05, 3.63) is 36.3 Å². The van der Waals surface area contributed by atoms with E-state index in [9.17, 15) is 14.3 Å². The summed E-state index contributed by atoms with van der Waals surface area (Å²) in [4.78, 5) is 14.8. The van der Waals surface area contributed by atoms with E-state index in [-0.39, 0.29) is 30.5 Å². The van der Waals surface area contributed by atoms with Gasteiger partial charge in [-0.1, -0.05) is 23.8 Å². The van der Waals surface area contributed by atoms with Crippen LogP contribution in [-0.4, -0.2) is 75.4 Å². The molecule has 1 amide bonds. The number of hydrogen-bond acceptors (Lipinski definition) is 6. The lowest BCUT2D eigenvalue weighted by molar-refractivity contribution is -0.129. The van der Waals surface area contributed by atoms with Crippen molar-refractivity contribution in [2.45, 2.75) is 69.7 Å². The van der Waals surface area contributed by atoms with Gasteiger partial charge < -0.3 is 20.1 Å². The number of likely N-dealkylation sites (tertiary alicyclic amines) is 1. The van der Waals surface area contributed by atoms with Gasteiger partial charge in [0.15, 0.2) is 0 Å². The number of nitrogens with one attached hydrogen (secondary N) is 1. The Bertz CT molecular complexity index is 902. The van der Waals surface area contributed by atoms with E-state index < -0.39 is 6.10 Å². The Balaban J connectivity index is 1.21. The number of aromatic nitrogens is 3. The fourth-order valence-corrected chi connectivity index (χ4v) is 4.69. The summed E-state index contributed by atoms with van der Waals surface area (Å²) in [7, 11) is 0. The van der Waals surface area contributed by atoms with Gasteiger partial charge in [0.05, 0.1) is 24.9 Å². The molecule has 0 radical (unpaired) electrons. The molecule has 8 nitrogen and oxygen atoms in total. The minimum Gasteiger partial charge on any atom is -0.394 e. The maximum absolute atomic E-state index is 13.4. The number of nitrogens with zero attached hydrogens (tertiary/aromatic N) is 4. The Kier molecular flexibility index (Phi) is 8.41. The molecule has 4 rings (SSSR count). The van der Waals surface area contributed by atoms with Crippen molar-refractivity contribution in [2.24, 2.45) is 0 Å². The average Bonchev–Trinajstić information content (AvgIpc) is 3.32. The highest BCUT2D eigenvalue weighted by Crippen LogP contribution is 2.23. The first-order chi connectivity index (χ1) is 16.1. The summed E-state index contributed by atoms with van der Waals surface area (Å²) in [5, 5.41) is 21.2. The third-order valence-corrected chi connectivity index (χ3v) is 6.58. The number of piperidine rings is 1. The summed E-state index contributed by atoms with van der Waals surface area (Å²) in [6, 6.07) is 6.12. The van der Waals surface area contributed by atoms with E-state index in [2.05, 4.69) is 20.5 Å². The van der Waals surface area contributed by atoms with E-state index in [0.29, 0.717) is 24.2 Å². The predicted molar refractivity (Wildman–Crippen MR) is 122 cm³/mol. The summed E-state index contributed by atoms with van der Waals surface area (Å²) in [5.41, 5.74) is 1.31. The zero-order chi connectivity index (χ0) is 23.0. The van der Waals surface area contributed by atoms with E-state index in [1.165, 1.54) is 31.4 Å². The second-order valence-corrected chi connectivity index (χ2v) is 9.05. The number of carbonyl (C=O) groups excluding carboxylic acids is 1. The van der Waals surface area contributed by atoms with Crippen LogP contribution in [0.3, 0.4) is 0 Å². The van der Waals surface area contributed by atoms with Gasteiger partial charge in [0.1, 0.15) is 17.6 Å². The van der Waals surface area contributed by atoms with Gasteiger partial charge in [-0.25, -0.2) is 4.39 Å². The van der Waals surface area contributed by atoms with Crippen LogP contribution >= 0.6 is 0 Å². The normalized spacial score (nSPS) is 24.0. The molecule has 0 bridgehead atoms. The molecule has 9 heteroatoms. The summed E-state index contributed by atoms with van der Waals surface area (Å²) in [6.45, 7) is 3.44. The van der Waals surface area contributed by atoms with Gasteiger partial charge in [0, 0.05) is 25.1 Å². The van der Waals surface area contributed by atoms with Crippen molar-refractivity contribution in [1.29, 1.82) is 0 Å². The first-order valence-corrected chi connectivity index (χ1v) is 12.0. The van der Waals surface area contributed by atoms with Gasteiger partial charge in [-0.15, -0.1) is 5.10 Å². The molecule has 2 fully saturated rings. The van der Waals surface area contributed by atoms with Crippen LogP contribution in [0, 0.1) is 5.82 Å². The zero-order valence-corrected chi connectivity index (χ0v) is 19.0. The lowest BCUT2D eigenvalue weighted by Gasteiger charge is -2.36. The predicted octanol–water partition coefficient (Wildman–Crippen LogP) is 2.38. The molecule has 2 aromatic rings. The summed E-state index contributed by atoms with van der Waals surface area (Å²) < 4.78 is 21.3. The minimum absolute atomic E-state index is 0.0227. The number of aryl methyl sites for hydroxylation is 1. The third-order valence-electron chi connectivity index (χ3n) is 6.58. The Morgan fingerprint density at radius 2 is 2.06 bits per heavy atom. The molecular formula is C24H34FN5O3. The number of ether oxygens (including phenoxy) is 1. The number of halogens is 1. The third kappa shape index (κ3) is 6.82. The molecule has 2 aliphatic heterocycles. The second-order valence-electron chi connectivity index (χ2n) is 9.05. The average molecular weight is 460 g/mol. The SMILES string of the molecule is O=C(CCN1CCCCC1)N[C@H]1CC[C@@H](CCn2cc(-c3cccc(F)c3)nn2)O[C@H]1CO.